The lowest BCUT2D eigenvalue weighted by atomic mass is 10.1. The molecule has 0 radical (unpaired) electrons. The topological polar surface area (TPSA) is 72.5 Å². The summed E-state index contributed by atoms with van der Waals surface area (Å²) in [5.41, 5.74) is 3.87. The summed E-state index contributed by atoms with van der Waals surface area (Å²) >= 11 is 1.51. The Hall–Kier alpha value is -3.84. The van der Waals surface area contributed by atoms with E-state index < -0.39 is 0 Å². The van der Waals surface area contributed by atoms with Crippen molar-refractivity contribution in [2.24, 2.45) is 0 Å². The van der Waals surface area contributed by atoms with Crippen LogP contribution in [0.4, 0.5) is 16.5 Å². The van der Waals surface area contributed by atoms with E-state index in [4.69, 9.17) is 9.47 Å². The Bertz CT molecular complexity index is 1210. The maximum absolute atomic E-state index is 12.6. The SMILES string of the molecule is COc1cccc(Nc2nc(-c3cccc(NC(=O)c4cccc(OC)c4)c3)cs2)c1. The van der Waals surface area contributed by atoms with Gasteiger partial charge in [-0.25, -0.2) is 4.98 Å². The van der Waals surface area contributed by atoms with Crippen LogP contribution in [0.1, 0.15) is 10.4 Å². The predicted molar refractivity (Wildman–Crippen MR) is 125 cm³/mol. The van der Waals surface area contributed by atoms with Gasteiger partial charge in [0.1, 0.15) is 11.5 Å². The summed E-state index contributed by atoms with van der Waals surface area (Å²) in [7, 11) is 3.21. The molecule has 4 rings (SSSR count). The van der Waals surface area contributed by atoms with Crippen LogP contribution in [0.3, 0.4) is 0 Å². The molecule has 0 spiro atoms. The summed E-state index contributed by atoms with van der Waals surface area (Å²) in [4.78, 5) is 17.3. The van der Waals surface area contributed by atoms with Gasteiger partial charge in [0.25, 0.3) is 5.91 Å². The van der Waals surface area contributed by atoms with Crippen LogP contribution in [0.5, 0.6) is 11.5 Å². The lowest BCUT2D eigenvalue weighted by molar-refractivity contribution is 0.102. The van der Waals surface area contributed by atoms with E-state index in [1.165, 1.54) is 11.3 Å². The van der Waals surface area contributed by atoms with Gasteiger partial charge in [-0.05, 0) is 42.5 Å². The van der Waals surface area contributed by atoms with Gasteiger partial charge >= 0.3 is 0 Å². The molecular formula is C24H21N3O3S. The molecule has 0 saturated heterocycles. The van der Waals surface area contributed by atoms with Crippen LogP contribution in [-0.2, 0) is 0 Å². The fourth-order valence-corrected chi connectivity index (χ4v) is 3.75. The smallest absolute Gasteiger partial charge is 0.255 e. The highest BCUT2D eigenvalue weighted by Crippen LogP contribution is 2.29. The number of nitrogens with zero attached hydrogens (tertiary/aromatic N) is 1. The standard InChI is InChI=1S/C24H21N3O3S/c1-29-20-10-4-7-17(13-20)23(28)25-18-8-3-6-16(12-18)22-15-31-24(27-22)26-19-9-5-11-21(14-19)30-2/h3-15H,1-2H3,(H,25,28)(H,26,27). The average Bonchev–Trinajstić information content (AvgIpc) is 3.28. The van der Waals surface area contributed by atoms with Crippen LogP contribution >= 0.6 is 11.3 Å². The van der Waals surface area contributed by atoms with Crippen LogP contribution in [0.15, 0.2) is 78.2 Å². The van der Waals surface area contributed by atoms with Crippen LogP contribution in [0.2, 0.25) is 0 Å². The first kappa shape index (κ1) is 20.4. The Balaban J connectivity index is 1.48. The van der Waals surface area contributed by atoms with Crippen LogP contribution in [0.25, 0.3) is 11.3 Å². The fraction of sp³-hybridized carbons (Fsp3) is 0.0833. The van der Waals surface area contributed by atoms with E-state index in [0.29, 0.717) is 17.0 Å². The fourth-order valence-electron chi connectivity index (χ4n) is 3.01. The van der Waals surface area contributed by atoms with Crippen LogP contribution in [0, 0.1) is 0 Å². The van der Waals surface area contributed by atoms with Gasteiger partial charge in [0.2, 0.25) is 0 Å². The van der Waals surface area contributed by atoms with Gasteiger partial charge in [0, 0.05) is 33.9 Å². The molecule has 7 heteroatoms. The number of methoxy groups -OCH3 is 2. The summed E-state index contributed by atoms with van der Waals surface area (Å²) in [6.45, 7) is 0. The number of hydrogen-bond acceptors (Lipinski definition) is 6. The Morgan fingerprint density at radius 2 is 1.58 bits per heavy atom. The van der Waals surface area contributed by atoms with Crippen molar-refractivity contribution in [3.05, 3.63) is 83.7 Å². The van der Waals surface area contributed by atoms with E-state index >= 15 is 0 Å². The van der Waals surface area contributed by atoms with Gasteiger partial charge in [-0.3, -0.25) is 4.79 Å². The van der Waals surface area contributed by atoms with Gasteiger partial charge in [0.15, 0.2) is 5.13 Å². The Morgan fingerprint density at radius 3 is 2.39 bits per heavy atom. The Morgan fingerprint density at radius 1 is 0.871 bits per heavy atom. The lowest BCUT2D eigenvalue weighted by Gasteiger charge is -2.08. The number of ether oxygens (including phenoxy) is 2. The van der Waals surface area contributed by atoms with Gasteiger partial charge in [0.05, 0.1) is 19.9 Å². The van der Waals surface area contributed by atoms with E-state index in [0.717, 1.165) is 27.8 Å². The van der Waals surface area contributed by atoms with Crippen molar-refractivity contribution in [3.8, 4) is 22.8 Å². The van der Waals surface area contributed by atoms with Crippen LogP contribution in [-0.4, -0.2) is 25.1 Å². The molecule has 0 atom stereocenters. The zero-order valence-electron chi connectivity index (χ0n) is 17.1. The van der Waals surface area contributed by atoms with Gasteiger partial charge < -0.3 is 20.1 Å². The second-order valence-corrected chi connectivity index (χ2v) is 7.52. The summed E-state index contributed by atoms with van der Waals surface area (Å²) in [6, 6.07) is 22.3. The van der Waals surface area contributed by atoms with E-state index in [9.17, 15) is 4.79 Å². The zero-order chi connectivity index (χ0) is 21.6. The molecule has 0 bridgehead atoms. The number of hydrogen-bond donors (Lipinski definition) is 2. The summed E-state index contributed by atoms with van der Waals surface area (Å²) in [6.07, 6.45) is 0. The molecule has 1 amide bonds. The molecule has 0 aliphatic heterocycles. The van der Waals surface area contributed by atoms with E-state index in [-0.39, 0.29) is 5.91 Å². The number of rotatable bonds is 7. The maximum Gasteiger partial charge on any atom is 0.255 e. The van der Waals surface area contributed by atoms with Crippen molar-refractivity contribution in [3.63, 3.8) is 0 Å². The first-order valence-electron chi connectivity index (χ1n) is 9.57. The van der Waals surface area contributed by atoms with E-state index in [2.05, 4.69) is 15.6 Å². The third-order valence-electron chi connectivity index (χ3n) is 4.57. The lowest BCUT2D eigenvalue weighted by Crippen LogP contribution is -2.11. The molecule has 0 aliphatic rings. The Labute approximate surface area is 184 Å². The predicted octanol–water partition coefficient (Wildman–Crippen LogP) is 5.82. The van der Waals surface area contributed by atoms with Crippen molar-refractivity contribution >= 4 is 33.8 Å². The van der Waals surface area contributed by atoms with E-state index in [1.807, 2.05) is 53.9 Å². The maximum atomic E-state index is 12.6. The highest BCUT2D eigenvalue weighted by atomic mass is 32.1. The highest BCUT2D eigenvalue weighted by Gasteiger charge is 2.10. The number of amides is 1. The third kappa shape index (κ3) is 5.02. The normalized spacial score (nSPS) is 10.4. The molecule has 0 unspecified atom stereocenters. The minimum Gasteiger partial charge on any atom is -0.497 e. The van der Waals surface area contributed by atoms with Crippen molar-refractivity contribution in [1.82, 2.24) is 4.98 Å². The number of benzene rings is 3. The minimum absolute atomic E-state index is 0.199. The summed E-state index contributed by atoms with van der Waals surface area (Å²) in [5, 5.41) is 8.97. The molecular weight excluding hydrogens is 410 g/mol. The number of carbonyl (C=O) groups excluding carboxylic acids is 1. The monoisotopic (exact) mass is 431 g/mol. The minimum atomic E-state index is -0.199. The molecule has 0 aliphatic carbocycles. The zero-order valence-corrected chi connectivity index (χ0v) is 17.9. The first-order chi connectivity index (χ1) is 15.1. The molecule has 1 heterocycles. The third-order valence-corrected chi connectivity index (χ3v) is 5.33. The van der Waals surface area contributed by atoms with Crippen molar-refractivity contribution < 1.29 is 14.3 Å². The average molecular weight is 432 g/mol. The number of anilines is 3. The molecule has 1 aromatic heterocycles. The van der Waals surface area contributed by atoms with Crippen molar-refractivity contribution in [2.75, 3.05) is 24.9 Å². The largest absolute Gasteiger partial charge is 0.497 e. The highest BCUT2D eigenvalue weighted by molar-refractivity contribution is 7.14. The van der Waals surface area contributed by atoms with Crippen LogP contribution < -0.4 is 20.1 Å². The number of nitrogens with one attached hydrogen (secondary N) is 2. The molecule has 3 aromatic carbocycles. The molecule has 156 valence electrons. The molecule has 4 aromatic rings. The van der Waals surface area contributed by atoms with Gasteiger partial charge in [-0.15, -0.1) is 11.3 Å². The molecule has 6 nitrogen and oxygen atoms in total. The van der Waals surface area contributed by atoms with E-state index in [1.54, 1.807) is 38.5 Å². The first-order valence-corrected chi connectivity index (χ1v) is 10.4. The van der Waals surface area contributed by atoms with Gasteiger partial charge in [-0.2, -0.15) is 0 Å². The molecule has 31 heavy (non-hydrogen) atoms. The van der Waals surface area contributed by atoms with Crippen molar-refractivity contribution in [2.45, 2.75) is 0 Å². The number of aromatic nitrogens is 1. The molecule has 2 N–H and O–H groups in total. The summed E-state index contributed by atoms with van der Waals surface area (Å²) < 4.78 is 10.4. The second kappa shape index (κ2) is 9.32. The molecule has 0 saturated carbocycles. The van der Waals surface area contributed by atoms with Gasteiger partial charge in [-0.1, -0.05) is 24.3 Å². The molecule has 0 fully saturated rings. The number of thiazole rings is 1. The summed E-state index contributed by atoms with van der Waals surface area (Å²) in [5.74, 6) is 1.22. The van der Waals surface area contributed by atoms with Crippen molar-refractivity contribution in [1.29, 1.82) is 0 Å². The number of carbonyl (C=O) groups is 1. The quantitative estimate of drug-likeness (QED) is 0.386. The second-order valence-electron chi connectivity index (χ2n) is 6.66. The Kier molecular flexibility index (Phi) is 6.14.